The summed E-state index contributed by atoms with van der Waals surface area (Å²) < 4.78 is 0. The monoisotopic (exact) mass is 196 g/mol. The Morgan fingerprint density at radius 1 is 1.07 bits per heavy atom. The lowest BCUT2D eigenvalue weighted by Crippen LogP contribution is -2.20. The van der Waals surface area contributed by atoms with E-state index >= 15 is 0 Å². The summed E-state index contributed by atoms with van der Waals surface area (Å²) in [6, 6.07) is 0. The maximum atomic E-state index is 4.22. The van der Waals surface area contributed by atoms with Crippen LogP contribution in [0.4, 0.5) is 17.8 Å². The van der Waals surface area contributed by atoms with Gasteiger partial charge >= 0.3 is 0 Å². The lowest BCUT2D eigenvalue weighted by Gasteiger charge is -2.15. The van der Waals surface area contributed by atoms with Crippen molar-refractivity contribution in [2.24, 2.45) is 0 Å². The first-order valence-corrected chi connectivity index (χ1v) is 4.54. The molecule has 0 radical (unpaired) electrons. The minimum absolute atomic E-state index is 0.569. The van der Waals surface area contributed by atoms with Gasteiger partial charge in [-0.05, 0) is 6.92 Å². The number of hydrogen-bond acceptors (Lipinski definition) is 6. The molecule has 1 rings (SSSR count). The van der Waals surface area contributed by atoms with E-state index in [4.69, 9.17) is 0 Å². The number of aromatic nitrogens is 3. The maximum Gasteiger partial charge on any atom is 0.231 e. The van der Waals surface area contributed by atoms with Crippen molar-refractivity contribution in [3.05, 3.63) is 0 Å². The van der Waals surface area contributed by atoms with E-state index in [9.17, 15) is 0 Å². The topological polar surface area (TPSA) is 66.0 Å². The Hall–Kier alpha value is -1.59. The van der Waals surface area contributed by atoms with Gasteiger partial charge in [-0.3, -0.25) is 0 Å². The molecule has 0 atom stereocenters. The quantitative estimate of drug-likeness (QED) is 0.727. The molecule has 78 valence electrons. The zero-order valence-corrected chi connectivity index (χ0v) is 9.00. The summed E-state index contributed by atoms with van der Waals surface area (Å²) in [5, 5.41) is 5.78. The molecule has 14 heavy (non-hydrogen) atoms. The van der Waals surface area contributed by atoms with Gasteiger partial charge in [-0.1, -0.05) is 0 Å². The van der Waals surface area contributed by atoms with E-state index in [1.807, 2.05) is 18.9 Å². The number of anilines is 3. The summed E-state index contributed by atoms with van der Waals surface area (Å²) in [4.78, 5) is 14.5. The van der Waals surface area contributed by atoms with Gasteiger partial charge in [-0.25, -0.2) is 0 Å². The molecule has 0 saturated carbocycles. The van der Waals surface area contributed by atoms with E-state index < -0.39 is 0 Å². The molecule has 1 aromatic heterocycles. The van der Waals surface area contributed by atoms with Crippen LogP contribution in [0.5, 0.6) is 0 Å². The molecule has 0 amide bonds. The van der Waals surface area contributed by atoms with E-state index in [0.29, 0.717) is 17.8 Å². The zero-order valence-electron chi connectivity index (χ0n) is 9.00. The summed E-state index contributed by atoms with van der Waals surface area (Å²) >= 11 is 0. The molecule has 0 saturated heterocycles. The lowest BCUT2D eigenvalue weighted by molar-refractivity contribution is 0.886. The van der Waals surface area contributed by atoms with Crippen LogP contribution in [0.15, 0.2) is 0 Å². The molecule has 0 unspecified atom stereocenters. The molecule has 1 heterocycles. The Morgan fingerprint density at radius 3 is 1.93 bits per heavy atom. The van der Waals surface area contributed by atoms with Gasteiger partial charge in [0.2, 0.25) is 17.8 Å². The number of nitrogens with one attached hydrogen (secondary N) is 2. The second-order valence-corrected chi connectivity index (χ2v) is 2.80. The first-order valence-electron chi connectivity index (χ1n) is 4.54. The fraction of sp³-hybridized carbons (Fsp3) is 0.625. The average molecular weight is 196 g/mol. The molecule has 0 aromatic carbocycles. The standard InChI is InChI=1S/C8H16N6/c1-5-14(4)8-12-6(9-2)11-7(10-3)13-8/h5H2,1-4H3,(H2,9,10,11,12,13). The minimum atomic E-state index is 0.569. The van der Waals surface area contributed by atoms with Gasteiger partial charge in [-0.15, -0.1) is 0 Å². The predicted octanol–water partition coefficient (Wildman–Crippen LogP) is 0.411. The van der Waals surface area contributed by atoms with E-state index in [1.54, 1.807) is 14.1 Å². The van der Waals surface area contributed by atoms with Gasteiger partial charge in [0.25, 0.3) is 0 Å². The van der Waals surface area contributed by atoms with Crippen LogP contribution < -0.4 is 15.5 Å². The molecule has 0 aliphatic carbocycles. The molecule has 0 fully saturated rings. The van der Waals surface area contributed by atoms with Gasteiger partial charge in [0.15, 0.2) is 0 Å². The Labute approximate surface area is 83.8 Å². The first kappa shape index (κ1) is 10.5. The van der Waals surface area contributed by atoms with Crippen LogP contribution in [-0.4, -0.2) is 42.6 Å². The zero-order chi connectivity index (χ0) is 10.6. The summed E-state index contributed by atoms with van der Waals surface area (Å²) in [6.45, 7) is 2.90. The van der Waals surface area contributed by atoms with Crippen LogP contribution in [0.25, 0.3) is 0 Å². The number of hydrogen-bond donors (Lipinski definition) is 2. The largest absolute Gasteiger partial charge is 0.357 e. The van der Waals surface area contributed by atoms with Crippen molar-refractivity contribution in [1.82, 2.24) is 15.0 Å². The van der Waals surface area contributed by atoms with E-state index in [0.717, 1.165) is 6.54 Å². The van der Waals surface area contributed by atoms with E-state index in [1.165, 1.54) is 0 Å². The molecule has 1 aromatic rings. The lowest BCUT2D eigenvalue weighted by atomic mass is 10.6. The van der Waals surface area contributed by atoms with Gasteiger partial charge in [0.05, 0.1) is 0 Å². The first-order chi connectivity index (χ1) is 6.71. The van der Waals surface area contributed by atoms with Crippen LogP contribution in [0, 0.1) is 0 Å². The maximum absolute atomic E-state index is 4.22. The molecule has 0 spiro atoms. The van der Waals surface area contributed by atoms with Gasteiger partial charge in [0.1, 0.15) is 0 Å². The third-order valence-electron chi connectivity index (χ3n) is 1.89. The summed E-state index contributed by atoms with van der Waals surface area (Å²) in [7, 11) is 5.50. The Balaban J connectivity index is 3.04. The molecule has 2 N–H and O–H groups in total. The second-order valence-electron chi connectivity index (χ2n) is 2.80. The molecule has 6 nitrogen and oxygen atoms in total. The van der Waals surface area contributed by atoms with Crippen molar-refractivity contribution < 1.29 is 0 Å². The Bertz CT molecular complexity index is 278. The fourth-order valence-corrected chi connectivity index (χ4v) is 0.900. The van der Waals surface area contributed by atoms with Gasteiger partial charge < -0.3 is 15.5 Å². The van der Waals surface area contributed by atoms with Crippen molar-refractivity contribution in [3.63, 3.8) is 0 Å². The minimum Gasteiger partial charge on any atom is -0.357 e. The molecular weight excluding hydrogens is 180 g/mol. The molecule has 6 heteroatoms. The summed E-state index contributed by atoms with van der Waals surface area (Å²) in [5.41, 5.74) is 0. The van der Waals surface area contributed by atoms with Crippen LogP contribution >= 0.6 is 0 Å². The van der Waals surface area contributed by atoms with Crippen molar-refractivity contribution in [3.8, 4) is 0 Å². The molecular formula is C8H16N6. The highest BCUT2D eigenvalue weighted by Gasteiger charge is 2.06. The fourth-order valence-electron chi connectivity index (χ4n) is 0.900. The second kappa shape index (κ2) is 4.59. The molecule has 0 aliphatic rings. The van der Waals surface area contributed by atoms with Crippen LogP contribution in [0.1, 0.15) is 6.92 Å². The highest BCUT2D eigenvalue weighted by Crippen LogP contribution is 2.10. The summed E-state index contributed by atoms with van der Waals surface area (Å²) in [5.74, 6) is 1.80. The normalized spacial score (nSPS) is 9.71. The Morgan fingerprint density at radius 2 is 1.57 bits per heavy atom. The number of rotatable bonds is 4. The third-order valence-corrected chi connectivity index (χ3v) is 1.89. The van der Waals surface area contributed by atoms with Crippen molar-refractivity contribution in [2.75, 3.05) is 43.2 Å². The van der Waals surface area contributed by atoms with Crippen molar-refractivity contribution in [1.29, 1.82) is 0 Å². The predicted molar refractivity (Wildman–Crippen MR) is 57.9 cm³/mol. The van der Waals surface area contributed by atoms with Crippen molar-refractivity contribution in [2.45, 2.75) is 6.92 Å². The van der Waals surface area contributed by atoms with Crippen LogP contribution in [0.3, 0.4) is 0 Å². The van der Waals surface area contributed by atoms with E-state index in [2.05, 4.69) is 25.6 Å². The SMILES string of the molecule is CCN(C)c1nc(NC)nc(NC)n1. The van der Waals surface area contributed by atoms with Crippen LogP contribution in [0.2, 0.25) is 0 Å². The summed E-state index contributed by atoms with van der Waals surface area (Å²) in [6.07, 6.45) is 0. The highest BCUT2D eigenvalue weighted by atomic mass is 15.3. The molecule has 0 bridgehead atoms. The van der Waals surface area contributed by atoms with Crippen molar-refractivity contribution >= 4 is 17.8 Å². The third kappa shape index (κ3) is 2.21. The van der Waals surface area contributed by atoms with E-state index in [-0.39, 0.29) is 0 Å². The highest BCUT2D eigenvalue weighted by molar-refractivity contribution is 5.42. The van der Waals surface area contributed by atoms with Gasteiger partial charge in [-0.2, -0.15) is 15.0 Å². The average Bonchev–Trinajstić information content (AvgIpc) is 2.27. The molecule has 0 aliphatic heterocycles. The smallest absolute Gasteiger partial charge is 0.231 e. The van der Waals surface area contributed by atoms with Crippen LogP contribution in [-0.2, 0) is 0 Å². The Kier molecular flexibility index (Phi) is 3.44. The number of nitrogens with zero attached hydrogens (tertiary/aromatic N) is 4. The van der Waals surface area contributed by atoms with Gasteiger partial charge in [0, 0.05) is 27.7 Å².